The van der Waals surface area contributed by atoms with Crippen LogP contribution in [0.15, 0.2) is 6.33 Å². The first kappa shape index (κ1) is 10.9. The normalized spacial score (nSPS) is 31.0. The number of carbonyl (C=O) groups excluding carboxylic acids is 1. The van der Waals surface area contributed by atoms with Crippen LogP contribution in [0.5, 0.6) is 0 Å². The molecule has 3 rings (SSSR count). The highest BCUT2D eigenvalue weighted by Crippen LogP contribution is 2.49. The van der Waals surface area contributed by atoms with Crippen LogP contribution in [0.4, 0.5) is 0 Å². The molecule has 4 nitrogen and oxygen atoms in total. The Morgan fingerprint density at radius 1 is 1.47 bits per heavy atom. The molecule has 4 heteroatoms. The van der Waals surface area contributed by atoms with E-state index in [0.717, 1.165) is 24.1 Å². The van der Waals surface area contributed by atoms with Gasteiger partial charge >= 0.3 is 0 Å². The van der Waals surface area contributed by atoms with Crippen molar-refractivity contribution in [2.24, 2.45) is 24.8 Å². The molecule has 2 aliphatic rings. The molecule has 1 aromatic rings. The number of aryl methyl sites for hydroxylation is 1. The van der Waals surface area contributed by atoms with Gasteiger partial charge in [-0.25, -0.2) is 4.98 Å². The van der Waals surface area contributed by atoms with Crippen molar-refractivity contribution in [2.75, 3.05) is 0 Å². The summed E-state index contributed by atoms with van der Waals surface area (Å²) in [5.74, 6) is 3.54. The minimum Gasteiger partial charge on any atom is -0.299 e. The summed E-state index contributed by atoms with van der Waals surface area (Å²) in [7, 11) is 1.84. The van der Waals surface area contributed by atoms with Gasteiger partial charge < -0.3 is 0 Å². The highest BCUT2D eigenvalue weighted by molar-refractivity contribution is 5.80. The fourth-order valence-corrected chi connectivity index (χ4v) is 3.65. The standard InChI is InChI=1S/C13H19N3O/c1-16-13(14-8-15-16)7-12(17)6-11-5-9-2-3-10(11)4-9/h8-11H,2-7H2,1H3. The monoisotopic (exact) mass is 233 g/mol. The summed E-state index contributed by atoms with van der Waals surface area (Å²) in [5.41, 5.74) is 0. The maximum Gasteiger partial charge on any atom is 0.140 e. The fraction of sp³-hybridized carbons (Fsp3) is 0.769. The van der Waals surface area contributed by atoms with Crippen LogP contribution >= 0.6 is 0 Å². The van der Waals surface area contributed by atoms with Gasteiger partial charge in [0.25, 0.3) is 0 Å². The van der Waals surface area contributed by atoms with Gasteiger partial charge in [-0.15, -0.1) is 0 Å². The molecule has 0 N–H and O–H groups in total. The number of ketones is 1. The minimum atomic E-state index is 0.332. The maximum absolute atomic E-state index is 12.0. The van der Waals surface area contributed by atoms with Crippen LogP contribution in [0.1, 0.15) is 37.9 Å². The van der Waals surface area contributed by atoms with Crippen molar-refractivity contribution >= 4 is 5.78 Å². The first-order valence-electron chi connectivity index (χ1n) is 6.57. The Kier molecular flexibility index (Phi) is 2.73. The number of aromatic nitrogens is 3. The molecule has 0 amide bonds. The third kappa shape index (κ3) is 2.13. The molecular formula is C13H19N3O. The number of Topliss-reactive ketones (excluding diaryl/α,β-unsaturated/α-hetero) is 1. The second kappa shape index (κ2) is 4.24. The van der Waals surface area contributed by atoms with E-state index < -0.39 is 0 Å². The highest BCUT2D eigenvalue weighted by atomic mass is 16.1. The third-order valence-corrected chi connectivity index (χ3v) is 4.53. The van der Waals surface area contributed by atoms with E-state index in [1.807, 2.05) is 7.05 Å². The largest absolute Gasteiger partial charge is 0.299 e. The quantitative estimate of drug-likeness (QED) is 0.796. The van der Waals surface area contributed by atoms with E-state index >= 15 is 0 Å². The summed E-state index contributed by atoms with van der Waals surface area (Å²) in [6, 6.07) is 0. The van der Waals surface area contributed by atoms with Crippen LogP contribution in [-0.2, 0) is 18.3 Å². The van der Waals surface area contributed by atoms with Crippen LogP contribution < -0.4 is 0 Å². The molecule has 1 aromatic heterocycles. The van der Waals surface area contributed by atoms with Crippen molar-refractivity contribution in [3.8, 4) is 0 Å². The van der Waals surface area contributed by atoms with Gasteiger partial charge in [0.05, 0.1) is 6.42 Å². The van der Waals surface area contributed by atoms with Gasteiger partial charge in [-0.2, -0.15) is 5.10 Å². The predicted molar refractivity (Wildman–Crippen MR) is 63.3 cm³/mol. The molecule has 1 heterocycles. The SMILES string of the molecule is Cn1ncnc1CC(=O)CC1CC2CCC1C2. The van der Waals surface area contributed by atoms with E-state index in [1.165, 1.54) is 32.0 Å². The summed E-state index contributed by atoms with van der Waals surface area (Å²) < 4.78 is 1.69. The summed E-state index contributed by atoms with van der Waals surface area (Å²) in [4.78, 5) is 16.1. The number of fused-ring (bicyclic) bond motifs is 2. The van der Waals surface area contributed by atoms with Gasteiger partial charge in [0, 0.05) is 13.5 Å². The Labute approximate surface area is 101 Å². The van der Waals surface area contributed by atoms with Gasteiger partial charge in [0.1, 0.15) is 17.9 Å². The van der Waals surface area contributed by atoms with E-state index in [9.17, 15) is 4.79 Å². The maximum atomic E-state index is 12.0. The van der Waals surface area contributed by atoms with Crippen LogP contribution in [0.2, 0.25) is 0 Å². The zero-order valence-corrected chi connectivity index (χ0v) is 10.3. The summed E-state index contributed by atoms with van der Waals surface area (Å²) >= 11 is 0. The Bertz CT molecular complexity index is 426. The molecule has 0 aromatic carbocycles. The van der Waals surface area contributed by atoms with E-state index in [1.54, 1.807) is 4.68 Å². The first-order valence-corrected chi connectivity index (χ1v) is 6.57. The van der Waals surface area contributed by atoms with Crippen LogP contribution in [0.25, 0.3) is 0 Å². The van der Waals surface area contributed by atoms with Crippen molar-refractivity contribution in [1.82, 2.24) is 14.8 Å². The molecule has 17 heavy (non-hydrogen) atoms. The lowest BCUT2D eigenvalue weighted by atomic mass is 9.85. The van der Waals surface area contributed by atoms with Gasteiger partial charge in [-0.1, -0.05) is 6.42 Å². The van der Waals surface area contributed by atoms with E-state index in [2.05, 4.69) is 10.1 Å². The summed E-state index contributed by atoms with van der Waals surface area (Å²) in [6.45, 7) is 0. The van der Waals surface area contributed by atoms with Crippen molar-refractivity contribution in [2.45, 2.75) is 38.5 Å². The average molecular weight is 233 g/mol. The zero-order chi connectivity index (χ0) is 11.8. The highest BCUT2D eigenvalue weighted by Gasteiger charge is 2.39. The van der Waals surface area contributed by atoms with Crippen molar-refractivity contribution in [3.63, 3.8) is 0 Å². The third-order valence-electron chi connectivity index (χ3n) is 4.53. The van der Waals surface area contributed by atoms with Crippen LogP contribution in [0.3, 0.4) is 0 Å². The molecule has 2 saturated carbocycles. The first-order chi connectivity index (χ1) is 8.22. The lowest BCUT2D eigenvalue weighted by molar-refractivity contribution is -0.119. The second-order valence-electron chi connectivity index (χ2n) is 5.65. The molecule has 3 unspecified atom stereocenters. The zero-order valence-electron chi connectivity index (χ0n) is 10.3. The number of nitrogens with zero attached hydrogens (tertiary/aromatic N) is 3. The van der Waals surface area contributed by atoms with Crippen LogP contribution in [0, 0.1) is 17.8 Å². The minimum absolute atomic E-state index is 0.332. The Hall–Kier alpha value is -1.19. The van der Waals surface area contributed by atoms with Gasteiger partial charge in [-0.3, -0.25) is 9.48 Å². The Morgan fingerprint density at radius 3 is 2.94 bits per heavy atom. The number of hydrogen-bond acceptors (Lipinski definition) is 3. The summed E-state index contributed by atoms with van der Waals surface area (Å²) in [5, 5.41) is 3.99. The predicted octanol–water partition coefficient (Wildman–Crippen LogP) is 1.75. The van der Waals surface area contributed by atoms with Crippen molar-refractivity contribution in [3.05, 3.63) is 12.2 Å². The molecule has 2 fully saturated rings. The molecule has 0 radical (unpaired) electrons. The number of carbonyl (C=O) groups is 1. The van der Waals surface area contributed by atoms with Gasteiger partial charge in [0.2, 0.25) is 0 Å². The Morgan fingerprint density at radius 2 is 2.35 bits per heavy atom. The molecule has 2 bridgehead atoms. The molecule has 0 spiro atoms. The molecule has 92 valence electrons. The van der Waals surface area contributed by atoms with Gasteiger partial charge in [0.15, 0.2) is 0 Å². The summed E-state index contributed by atoms with van der Waals surface area (Å²) in [6.07, 6.45) is 8.14. The smallest absolute Gasteiger partial charge is 0.140 e. The lowest BCUT2D eigenvalue weighted by Crippen LogP contribution is -2.17. The Balaban J connectivity index is 1.56. The number of rotatable bonds is 4. The molecule has 2 aliphatic carbocycles. The van der Waals surface area contributed by atoms with E-state index in [0.29, 0.717) is 18.1 Å². The molecular weight excluding hydrogens is 214 g/mol. The molecule has 0 saturated heterocycles. The average Bonchev–Trinajstić information content (AvgIpc) is 2.96. The topological polar surface area (TPSA) is 47.8 Å². The van der Waals surface area contributed by atoms with Crippen molar-refractivity contribution < 1.29 is 4.79 Å². The number of hydrogen-bond donors (Lipinski definition) is 0. The van der Waals surface area contributed by atoms with E-state index in [4.69, 9.17) is 0 Å². The van der Waals surface area contributed by atoms with E-state index in [-0.39, 0.29) is 0 Å². The lowest BCUT2D eigenvalue weighted by Gasteiger charge is -2.20. The molecule has 0 aliphatic heterocycles. The second-order valence-corrected chi connectivity index (χ2v) is 5.65. The fourth-order valence-electron chi connectivity index (χ4n) is 3.65. The van der Waals surface area contributed by atoms with Crippen molar-refractivity contribution in [1.29, 1.82) is 0 Å². The molecule has 3 atom stereocenters. The van der Waals surface area contributed by atoms with Gasteiger partial charge in [-0.05, 0) is 37.0 Å². The van der Waals surface area contributed by atoms with Crippen LogP contribution in [-0.4, -0.2) is 20.5 Å².